The van der Waals surface area contributed by atoms with Gasteiger partial charge in [-0.05, 0) is 36.8 Å². The molecule has 4 nitrogen and oxygen atoms in total. The lowest BCUT2D eigenvalue weighted by atomic mass is 10.1. The van der Waals surface area contributed by atoms with E-state index in [1.54, 1.807) is 6.92 Å². The van der Waals surface area contributed by atoms with Crippen LogP contribution in [0, 0.1) is 18.6 Å². The predicted molar refractivity (Wildman–Crippen MR) is 82.9 cm³/mol. The highest BCUT2D eigenvalue weighted by Gasteiger charge is 2.12. The van der Waals surface area contributed by atoms with Crippen LogP contribution in [0.4, 0.5) is 14.5 Å². The van der Waals surface area contributed by atoms with Gasteiger partial charge < -0.3 is 14.8 Å². The van der Waals surface area contributed by atoms with Gasteiger partial charge in [0.2, 0.25) is 0 Å². The zero-order valence-corrected chi connectivity index (χ0v) is 12.9. The smallest absolute Gasteiger partial charge is 0.255 e. The van der Waals surface area contributed by atoms with Crippen LogP contribution in [-0.2, 0) is 4.74 Å². The number of carbonyl (C=O) groups is 1. The second-order valence-corrected chi connectivity index (χ2v) is 4.90. The maximum absolute atomic E-state index is 13.5. The Morgan fingerprint density at radius 1 is 1.13 bits per heavy atom. The molecular weight excluding hydrogens is 304 g/mol. The van der Waals surface area contributed by atoms with Crippen LogP contribution in [0.25, 0.3) is 0 Å². The predicted octanol–water partition coefficient (Wildman–Crippen LogP) is 3.55. The first kappa shape index (κ1) is 16.9. The first-order valence-corrected chi connectivity index (χ1v) is 7.00. The number of benzene rings is 2. The fourth-order valence-corrected chi connectivity index (χ4v) is 1.89. The molecule has 1 amide bonds. The molecule has 0 heterocycles. The molecule has 0 atom stereocenters. The lowest BCUT2D eigenvalue weighted by molar-refractivity contribution is 0.102. The summed E-state index contributed by atoms with van der Waals surface area (Å²) in [5.74, 6) is -1.24. The van der Waals surface area contributed by atoms with E-state index >= 15 is 0 Å². The van der Waals surface area contributed by atoms with Crippen molar-refractivity contribution in [3.05, 3.63) is 59.2 Å². The summed E-state index contributed by atoms with van der Waals surface area (Å²) in [5.41, 5.74) is 0.753. The van der Waals surface area contributed by atoms with Crippen molar-refractivity contribution in [2.24, 2.45) is 0 Å². The van der Waals surface area contributed by atoms with Crippen molar-refractivity contribution in [2.75, 3.05) is 25.6 Å². The summed E-state index contributed by atoms with van der Waals surface area (Å²) in [6.07, 6.45) is 0. The third-order valence-electron chi connectivity index (χ3n) is 3.17. The van der Waals surface area contributed by atoms with Crippen molar-refractivity contribution in [2.45, 2.75) is 6.92 Å². The Morgan fingerprint density at radius 2 is 1.91 bits per heavy atom. The van der Waals surface area contributed by atoms with Gasteiger partial charge in [0.05, 0.1) is 12.3 Å². The Balaban J connectivity index is 2.18. The molecule has 2 aromatic carbocycles. The minimum absolute atomic E-state index is 0.139. The summed E-state index contributed by atoms with van der Waals surface area (Å²) >= 11 is 0. The highest BCUT2D eigenvalue weighted by Crippen LogP contribution is 2.26. The summed E-state index contributed by atoms with van der Waals surface area (Å²) in [6, 6.07) is 7.92. The minimum Gasteiger partial charge on any atom is -0.489 e. The average Bonchev–Trinajstić information content (AvgIpc) is 2.52. The molecule has 23 heavy (non-hydrogen) atoms. The van der Waals surface area contributed by atoms with Crippen molar-refractivity contribution in [3.8, 4) is 5.75 Å². The molecule has 0 aromatic heterocycles. The van der Waals surface area contributed by atoms with E-state index in [1.807, 2.05) is 0 Å². The number of nitrogens with one attached hydrogen (secondary N) is 1. The molecule has 0 fully saturated rings. The van der Waals surface area contributed by atoms with Crippen molar-refractivity contribution in [3.63, 3.8) is 0 Å². The minimum atomic E-state index is -0.550. The number of hydrogen-bond donors (Lipinski definition) is 1. The first-order valence-electron chi connectivity index (χ1n) is 7.00. The van der Waals surface area contributed by atoms with Crippen molar-refractivity contribution >= 4 is 11.6 Å². The lowest BCUT2D eigenvalue weighted by Crippen LogP contribution is -2.14. The molecule has 122 valence electrons. The van der Waals surface area contributed by atoms with E-state index in [9.17, 15) is 13.6 Å². The Hall–Kier alpha value is -2.47. The average molecular weight is 321 g/mol. The quantitative estimate of drug-likeness (QED) is 0.828. The summed E-state index contributed by atoms with van der Waals surface area (Å²) < 4.78 is 37.3. The highest BCUT2D eigenvalue weighted by atomic mass is 19.1. The molecule has 0 unspecified atom stereocenters. The number of anilines is 1. The largest absolute Gasteiger partial charge is 0.489 e. The van der Waals surface area contributed by atoms with Crippen LogP contribution in [0.2, 0.25) is 0 Å². The standard InChI is InChI=1S/C17H17F2NO3/c1-11-3-4-12(9-14(11)19)17(21)20-15-10-13(18)5-6-16(15)23-8-7-22-2/h3-6,9-10H,7-8H2,1-2H3,(H,20,21). The summed E-state index contributed by atoms with van der Waals surface area (Å²) in [6.45, 7) is 2.21. The number of hydrogen-bond acceptors (Lipinski definition) is 3. The van der Waals surface area contributed by atoms with E-state index in [2.05, 4.69) is 5.32 Å². The molecule has 6 heteroatoms. The Bertz CT molecular complexity index is 704. The number of methoxy groups -OCH3 is 1. The van der Waals surface area contributed by atoms with Crippen LogP contribution < -0.4 is 10.1 Å². The molecule has 2 rings (SSSR count). The molecule has 0 saturated heterocycles. The van der Waals surface area contributed by atoms with Crippen molar-refractivity contribution in [1.82, 2.24) is 0 Å². The maximum Gasteiger partial charge on any atom is 0.255 e. The van der Waals surface area contributed by atoms with Gasteiger partial charge in [-0.15, -0.1) is 0 Å². The van der Waals surface area contributed by atoms with E-state index in [0.717, 1.165) is 12.1 Å². The molecule has 0 aliphatic carbocycles. The van der Waals surface area contributed by atoms with E-state index in [0.29, 0.717) is 17.9 Å². The Morgan fingerprint density at radius 3 is 2.61 bits per heavy atom. The number of rotatable bonds is 6. The number of ether oxygens (including phenoxy) is 2. The van der Waals surface area contributed by atoms with Gasteiger partial charge in [0, 0.05) is 18.7 Å². The van der Waals surface area contributed by atoms with E-state index in [-0.39, 0.29) is 17.9 Å². The third-order valence-corrected chi connectivity index (χ3v) is 3.17. The fourth-order valence-electron chi connectivity index (χ4n) is 1.89. The van der Waals surface area contributed by atoms with Gasteiger partial charge in [-0.25, -0.2) is 8.78 Å². The molecular formula is C17H17F2NO3. The van der Waals surface area contributed by atoms with Gasteiger partial charge in [0.15, 0.2) is 0 Å². The van der Waals surface area contributed by atoms with E-state index in [1.165, 1.54) is 31.4 Å². The zero-order valence-electron chi connectivity index (χ0n) is 12.9. The van der Waals surface area contributed by atoms with E-state index < -0.39 is 17.5 Å². The summed E-state index contributed by atoms with van der Waals surface area (Å²) in [5, 5.41) is 2.53. The van der Waals surface area contributed by atoms with E-state index in [4.69, 9.17) is 9.47 Å². The van der Waals surface area contributed by atoms with Gasteiger partial charge >= 0.3 is 0 Å². The van der Waals surface area contributed by atoms with Crippen LogP contribution in [-0.4, -0.2) is 26.2 Å². The topological polar surface area (TPSA) is 47.6 Å². The highest BCUT2D eigenvalue weighted by molar-refractivity contribution is 6.05. The number of halogens is 2. The second-order valence-electron chi connectivity index (χ2n) is 4.90. The number of amides is 1. The molecule has 0 spiro atoms. The van der Waals surface area contributed by atoms with Crippen LogP contribution in [0.3, 0.4) is 0 Å². The molecule has 0 saturated carbocycles. The van der Waals surface area contributed by atoms with Gasteiger partial charge in [-0.2, -0.15) is 0 Å². The van der Waals surface area contributed by atoms with Gasteiger partial charge in [0.25, 0.3) is 5.91 Å². The maximum atomic E-state index is 13.5. The van der Waals surface area contributed by atoms with Gasteiger partial charge in [-0.3, -0.25) is 4.79 Å². The van der Waals surface area contributed by atoms with Gasteiger partial charge in [-0.1, -0.05) is 6.07 Å². The molecule has 0 aliphatic heterocycles. The van der Waals surface area contributed by atoms with Crippen LogP contribution in [0.5, 0.6) is 5.75 Å². The Labute approximate surface area is 133 Å². The normalized spacial score (nSPS) is 10.4. The third kappa shape index (κ3) is 4.50. The molecule has 2 aromatic rings. The SMILES string of the molecule is COCCOc1ccc(F)cc1NC(=O)c1ccc(C)c(F)c1. The van der Waals surface area contributed by atoms with Crippen LogP contribution >= 0.6 is 0 Å². The number of aryl methyl sites for hydroxylation is 1. The van der Waals surface area contributed by atoms with Crippen LogP contribution in [0.15, 0.2) is 36.4 Å². The summed E-state index contributed by atoms with van der Waals surface area (Å²) in [7, 11) is 1.53. The molecule has 0 radical (unpaired) electrons. The molecule has 0 bridgehead atoms. The number of carbonyl (C=O) groups excluding carboxylic acids is 1. The second kappa shape index (κ2) is 7.69. The molecule has 1 N–H and O–H groups in total. The fraction of sp³-hybridized carbons (Fsp3) is 0.235. The molecule has 0 aliphatic rings. The van der Waals surface area contributed by atoms with Gasteiger partial charge in [0.1, 0.15) is 24.0 Å². The summed E-state index contributed by atoms with van der Waals surface area (Å²) in [4.78, 5) is 12.2. The van der Waals surface area contributed by atoms with Crippen molar-refractivity contribution in [1.29, 1.82) is 0 Å². The monoisotopic (exact) mass is 321 g/mol. The first-order chi connectivity index (χ1) is 11.0. The lowest BCUT2D eigenvalue weighted by Gasteiger charge is -2.13. The zero-order chi connectivity index (χ0) is 16.8. The van der Waals surface area contributed by atoms with Crippen LogP contribution in [0.1, 0.15) is 15.9 Å². The van der Waals surface area contributed by atoms with Crippen molar-refractivity contribution < 1.29 is 23.0 Å². The Kier molecular flexibility index (Phi) is 5.65.